The molecule has 0 saturated carbocycles. The van der Waals surface area contributed by atoms with Crippen molar-refractivity contribution in [2.45, 2.75) is 45.4 Å². The van der Waals surface area contributed by atoms with E-state index in [1.165, 1.54) is 0 Å². The molecule has 0 aliphatic carbocycles. The molecule has 6 heteroatoms. The lowest BCUT2D eigenvalue weighted by molar-refractivity contribution is -0.0379. The predicted molar refractivity (Wildman–Crippen MR) is 105 cm³/mol. The molecule has 3 aromatic rings. The van der Waals surface area contributed by atoms with E-state index in [1.54, 1.807) is 11.3 Å². The van der Waals surface area contributed by atoms with Gasteiger partial charge in [0.2, 0.25) is 5.95 Å². The molecule has 5 rings (SSSR count). The first-order chi connectivity index (χ1) is 12.5. The summed E-state index contributed by atoms with van der Waals surface area (Å²) in [7, 11) is 0. The van der Waals surface area contributed by atoms with Crippen molar-refractivity contribution >= 4 is 33.2 Å². The maximum Gasteiger partial charge on any atom is 0.263 e. The molecule has 26 heavy (non-hydrogen) atoms. The second-order valence-electron chi connectivity index (χ2n) is 7.62. The fourth-order valence-corrected chi connectivity index (χ4v) is 5.05. The number of anilines is 2. The number of para-hydroxylation sites is 1. The third kappa shape index (κ3) is 2.40. The van der Waals surface area contributed by atoms with Gasteiger partial charge < -0.3 is 9.64 Å². The molecule has 2 aromatic heterocycles. The van der Waals surface area contributed by atoms with Gasteiger partial charge in [-0.25, -0.2) is 4.98 Å². The van der Waals surface area contributed by atoms with Crippen LogP contribution in [0.5, 0.6) is 0 Å². The average Bonchev–Trinajstić information content (AvgIpc) is 2.99. The number of aromatic nitrogens is 2. The number of ether oxygens (including phenoxy) is 1. The summed E-state index contributed by atoms with van der Waals surface area (Å²) in [5, 5.41) is 0.806. The van der Waals surface area contributed by atoms with E-state index in [2.05, 4.69) is 30.9 Å². The molecule has 2 aliphatic heterocycles. The molecule has 2 aliphatic rings. The lowest BCUT2D eigenvalue weighted by Gasteiger charge is -2.31. The smallest absolute Gasteiger partial charge is 0.263 e. The highest BCUT2D eigenvalue weighted by Gasteiger charge is 2.32. The van der Waals surface area contributed by atoms with Crippen molar-refractivity contribution in [3.63, 3.8) is 0 Å². The van der Waals surface area contributed by atoms with E-state index in [4.69, 9.17) is 9.72 Å². The molecule has 0 unspecified atom stereocenters. The maximum absolute atomic E-state index is 13.4. The lowest BCUT2D eigenvalue weighted by Crippen LogP contribution is -2.36. The number of nitrogens with zero attached hydrogens (tertiary/aromatic N) is 3. The topological polar surface area (TPSA) is 47.4 Å². The molecular formula is C20H21N3O2S. The van der Waals surface area contributed by atoms with Crippen LogP contribution in [0.25, 0.3) is 10.2 Å². The van der Waals surface area contributed by atoms with Gasteiger partial charge in [-0.05, 0) is 38.0 Å². The zero-order valence-corrected chi connectivity index (χ0v) is 15.8. The molecule has 0 N–H and O–H groups in total. The van der Waals surface area contributed by atoms with Gasteiger partial charge in [0.15, 0.2) is 0 Å². The second-order valence-corrected chi connectivity index (χ2v) is 8.70. The molecule has 0 spiro atoms. The van der Waals surface area contributed by atoms with E-state index >= 15 is 0 Å². The summed E-state index contributed by atoms with van der Waals surface area (Å²) in [6.07, 6.45) is 1.71. The third-order valence-electron chi connectivity index (χ3n) is 5.24. The van der Waals surface area contributed by atoms with Crippen LogP contribution in [0.4, 0.5) is 11.6 Å². The molecule has 134 valence electrons. The van der Waals surface area contributed by atoms with E-state index in [0.29, 0.717) is 6.61 Å². The highest BCUT2D eigenvalue weighted by Crippen LogP contribution is 2.38. The van der Waals surface area contributed by atoms with Gasteiger partial charge in [-0.1, -0.05) is 18.2 Å². The normalized spacial score (nSPS) is 18.6. The third-order valence-corrected chi connectivity index (χ3v) is 6.34. The molecule has 0 radical (unpaired) electrons. The molecular weight excluding hydrogens is 346 g/mol. The number of rotatable bonds is 1. The van der Waals surface area contributed by atoms with Gasteiger partial charge in [-0.15, -0.1) is 11.3 Å². The van der Waals surface area contributed by atoms with Crippen LogP contribution >= 0.6 is 11.3 Å². The Morgan fingerprint density at radius 1 is 1.19 bits per heavy atom. The first-order valence-electron chi connectivity index (χ1n) is 9.05. The minimum absolute atomic E-state index is 0.0980. The summed E-state index contributed by atoms with van der Waals surface area (Å²) in [6.45, 7) is 6.34. The fourth-order valence-electron chi connectivity index (χ4n) is 3.96. The van der Waals surface area contributed by atoms with Crippen LogP contribution in [0, 0.1) is 0 Å². The predicted octanol–water partition coefficient (Wildman–Crippen LogP) is 3.85. The standard InChI is InChI=1S/C20H21N3O2S/c1-20(2)11-14-15(12-25-20)26-17-16(14)18(24)23-10-6-9-22(19(23)21-17)13-7-4-3-5-8-13/h3-5,7-8H,6,9-12H2,1-2H3. The van der Waals surface area contributed by atoms with E-state index in [9.17, 15) is 4.79 Å². The van der Waals surface area contributed by atoms with Crippen LogP contribution in [0.2, 0.25) is 0 Å². The Balaban J connectivity index is 1.73. The van der Waals surface area contributed by atoms with E-state index < -0.39 is 0 Å². The van der Waals surface area contributed by atoms with Crippen molar-refractivity contribution in [1.82, 2.24) is 9.55 Å². The first kappa shape index (κ1) is 16.0. The zero-order chi connectivity index (χ0) is 17.9. The first-order valence-corrected chi connectivity index (χ1v) is 9.87. The van der Waals surface area contributed by atoms with Crippen LogP contribution in [0.1, 0.15) is 30.7 Å². The van der Waals surface area contributed by atoms with Crippen molar-refractivity contribution in [3.05, 3.63) is 51.1 Å². The van der Waals surface area contributed by atoms with Crippen molar-refractivity contribution in [2.75, 3.05) is 11.4 Å². The molecule has 0 atom stereocenters. The Bertz CT molecular complexity index is 1050. The molecule has 0 fully saturated rings. The van der Waals surface area contributed by atoms with Crippen LogP contribution < -0.4 is 10.5 Å². The summed E-state index contributed by atoms with van der Waals surface area (Å²) < 4.78 is 7.80. The van der Waals surface area contributed by atoms with Gasteiger partial charge in [0.05, 0.1) is 17.6 Å². The van der Waals surface area contributed by atoms with Crippen LogP contribution in [0.15, 0.2) is 35.1 Å². The van der Waals surface area contributed by atoms with Crippen LogP contribution in [0.3, 0.4) is 0 Å². The average molecular weight is 367 g/mol. The largest absolute Gasteiger partial charge is 0.370 e. The highest BCUT2D eigenvalue weighted by atomic mass is 32.1. The van der Waals surface area contributed by atoms with Gasteiger partial charge >= 0.3 is 0 Å². The van der Waals surface area contributed by atoms with Crippen molar-refractivity contribution in [2.24, 2.45) is 0 Å². The molecule has 1 aromatic carbocycles. The Hall–Kier alpha value is -2.18. The number of hydrogen-bond acceptors (Lipinski definition) is 5. The van der Waals surface area contributed by atoms with Crippen molar-refractivity contribution in [3.8, 4) is 0 Å². The SMILES string of the molecule is CC1(C)Cc2c(sc3nc4n(c(=O)c23)CCCN4c2ccccc2)CO1. The molecule has 4 heterocycles. The Morgan fingerprint density at radius 2 is 2.00 bits per heavy atom. The summed E-state index contributed by atoms with van der Waals surface area (Å²) in [6, 6.07) is 10.2. The van der Waals surface area contributed by atoms with Gasteiger partial charge in [0.25, 0.3) is 5.56 Å². The molecule has 0 bridgehead atoms. The lowest BCUT2D eigenvalue weighted by atomic mass is 9.94. The Labute approximate surface area is 155 Å². The molecule has 0 amide bonds. The Kier molecular flexibility index (Phi) is 3.49. The van der Waals surface area contributed by atoms with Gasteiger partial charge in [0, 0.05) is 30.1 Å². The van der Waals surface area contributed by atoms with Crippen LogP contribution in [-0.4, -0.2) is 21.7 Å². The number of benzene rings is 1. The minimum atomic E-state index is -0.232. The Morgan fingerprint density at radius 3 is 2.81 bits per heavy atom. The molecule has 0 saturated heterocycles. The van der Waals surface area contributed by atoms with Gasteiger partial charge in [0.1, 0.15) is 4.83 Å². The summed E-state index contributed by atoms with van der Waals surface area (Å²) in [5.74, 6) is 0.763. The van der Waals surface area contributed by atoms with Crippen molar-refractivity contribution < 1.29 is 4.74 Å². The van der Waals surface area contributed by atoms with E-state index in [0.717, 1.165) is 58.2 Å². The number of thiophene rings is 1. The van der Waals surface area contributed by atoms with Gasteiger partial charge in [-0.2, -0.15) is 0 Å². The van der Waals surface area contributed by atoms with Crippen LogP contribution in [-0.2, 0) is 24.3 Å². The summed E-state index contributed by atoms with van der Waals surface area (Å²) >= 11 is 1.61. The van der Waals surface area contributed by atoms with E-state index in [-0.39, 0.29) is 11.2 Å². The van der Waals surface area contributed by atoms with E-state index in [1.807, 2.05) is 22.8 Å². The maximum atomic E-state index is 13.4. The quantitative estimate of drug-likeness (QED) is 0.655. The minimum Gasteiger partial charge on any atom is -0.370 e. The second kappa shape index (κ2) is 5.66. The number of hydrogen-bond donors (Lipinski definition) is 0. The summed E-state index contributed by atoms with van der Waals surface area (Å²) in [4.78, 5) is 22.4. The number of fused-ring (bicyclic) bond motifs is 4. The highest BCUT2D eigenvalue weighted by molar-refractivity contribution is 7.18. The monoisotopic (exact) mass is 367 g/mol. The fraction of sp³-hybridized carbons (Fsp3) is 0.400. The zero-order valence-electron chi connectivity index (χ0n) is 15.0. The summed E-state index contributed by atoms with van der Waals surface area (Å²) in [5.41, 5.74) is 2.09. The molecule has 5 nitrogen and oxygen atoms in total. The van der Waals surface area contributed by atoms with Crippen molar-refractivity contribution in [1.29, 1.82) is 0 Å². The van der Waals surface area contributed by atoms with Gasteiger partial charge in [-0.3, -0.25) is 9.36 Å².